The van der Waals surface area contributed by atoms with Gasteiger partial charge in [0, 0.05) is 6.07 Å². The number of hydrogen-bond acceptors (Lipinski definition) is 3. The van der Waals surface area contributed by atoms with E-state index in [1.54, 1.807) is 6.07 Å². The average Bonchev–Trinajstić information content (AvgIpc) is 2.25. The number of rotatable bonds is 2. The van der Waals surface area contributed by atoms with Gasteiger partial charge in [0.05, 0.1) is 16.4 Å². The first kappa shape index (κ1) is 11.8. The maximum atomic E-state index is 13.3. The number of nitrogens with two attached hydrogens (primary N) is 1. The molecule has 0 saturated heterocycles. The summed E-state index contributed by atoms with van der Waals surface area (Å²) in [6, 6.07) is 4.60. The summed E-state index contributed by atoms with van der Waals surface area (Å²) in [7, 11) is 0. The van der Waals surface area contributed by atoms with Crippen molar-refractivity contribution in [1.82, 2.24) is 4.98 Å². The molecule has 0 unspecified atom stereocenters. The minimum absolute atomic E-state index is 0.107. The van der Waals surface area contributed by atoms with Crippen molar-refractivity contribution in [2.75, 3.05) is 5.73 Å². The molecule has 1 aromatic heterocycles. The quantitative estimate of drug-likeness (QED) is 0.923. The van der Waals surface area contributed by atoms with E-state index in [1.165, 1.54) is 12.3 Å². The SMILES string of the molecule is Nc1cnc(Oc2ccc(F)cc2F)c(Br)c1. The number of benzene rings is 1. The van der Waals surface area contributed by atoms with Gasteiger partial charge in [0.2, 0.25) is 5.88 Å². The summed E-state index contributed by atoms with van der Waals surface area (Å²) in [5, 5.41) is 0. The zero-order valence-corrected chi connectivity index (χ0v) is 10.0. The van der Waals surface area contributed by atoms with Crippen LogP contribution in [0.25, 0.3) is 0 Å². The summed E-state index contributed by atoms with van der Waals surface area (Å²) < 4.78 is 31.7. The molecule has 0 atom stereocenters. The number of anilines is 1. The van der Waals surface area contributed by atoms with E-state index in [-0.39, 0.29) is 11.6 Å². The molecular formula is C11H7BrF2N2O. The molecule has 2 N–H and O–H groups in total. The van der Waals surface area contributed by atoms with Crippen molar-refractivity contribution in [3.63, 3.8) is 0 Å². The predicted molar refractivity (Wildman–Crippen MR) is 62.8 cm³/mol. The maximum Gasteiger partial charge on any atom is 0.233 e. The zero-order valence-electron chi connectivity index (χ0n) is 8.45. The molecule has 3 nitrogen and oxygen atoms in total. The predicted octanol–water partition coefficient (Wildman–Crippen LogP) is 3.50. The van der Waals surface area contributed by atoms with E-state index in [9.17, 15) is 8.78 Å². The monoisotopic (exact) mass is 300 g/mol. The van der Waals surface area contributed by atoms with Crippen molar-refractivity contribution in [3.05, 3.63) is 46.6 Å². The van der Waals surface area contributed by atoms with Gasteiger partial charge in [-0.2, -0.15) is 0 Å². The summed E-state index contributed by atoms with van der Waals surface area (Å²) >= 11 is 3.18. The molecule has 0 radical (unpaired) electrons. The molecule has 0 amide bonds. The summed E-state index contributed by atoms with van der Waals surface area (Å²) in [5.41, 5.74) is 5.95. The Labute approximate surface area is 104 Å². The first-order valence-corrected chi connectivity index (χ1v) is 5.39. The van der Waals surface area contributed by atoms with Crippen molar-refractivity contribution < 1.29 is 13.5 Å². The fraction of sp³-hybridized carbons (Fsp3) is 0. The standard InChI is InChI=1S/C11H7BrF2N2O/c12-8-4-7(15)5-16-11(8)17-10-2-1-6(13)3-9(10)14/h1-5H,15H2. The topological polar surface area (TPSA) is 48.1 Å². The van der Waals surface area contributed by atoms with Gasteiger partial charge >= 0.3 is 0 Å². The van der Waals surface area contributed by atoms with Gasteiger partial charge in [-0.3, -0.25) is 0 Å². The molecular weight excluding hydrogens is 294 g/mol. The number of halogens is 3. The Bertz CT molecular complexity index is 514. The molecule has 0 aliphatic heterocycles. The molecule has 0 fully saturated rings. The Balaban J connectivity index is 2.31. The third-order valence-electron chi connectivity index (χ3n) is 1.93. The van der Waals surface area contributed by atoms with Gasteiger partial charge in [-0.15, -0.1) is 0 Å². The second-order valence-corrected chi connectivity index (χ2v) is 4.09. The molecule has 1 aromatic carbocycles. The van der Waals surface area contributed by atoms with Crippen LogP contribution in [0.3, 0.4) is 0 Å². The first-order valence-electron chi connectivity index (χ1n) is 4.60. The van der Waals surface area contributed by atoms with Gasteiger partial charge in [0.25, 0.3) is 0 Å². The lowest BCUT2D eigenvalue weighted by Crippen LogP contribution is -1.94. The molecule has 17 heavy (non-hydrogen) atoms. The van der Waals surface area contributed by atoms with Crippen LogP contribution in [0, 0.1) is 11.6 Å². The Morgan fingerprint density at radius 3 is 2.65 bits per heavy atom. The van der Waals surface area contributed by atoms with Gasteiger partial charge in [0.15, 0.2) is 11.6 Å². The normalized spacial score (nSPS) is 10.3. The highest BCUT2D eigenvalue weighted by Crippen LogP contribution is 2.30. The van der Waals surface area contributed by atoms with E-state index in [1.807, 2.05) is 0 Å². The minimum atomic E-state index is -0.796. The molecule has 0 aliphatic rings. The summed E-state index contributed by atoms with van der Waals surface area (Å²) in [5.74, 6) is -1.41. The second kappa shape index (κ2) is 4.67. The third-order valence-corrected chi connectivity index (χ3v) is 2.50. The molecule has 1 heterocycles. The van der Waals surface area contributed by atoms with Crippen molar-refractivity contribution >= 4 is 21.6 Å². The Morgan fingerprint density at radius 2 is 2.00 bits per heavy atom. The number of ether oxygens (including phenoxy) is 1. The first-order chi connectivity index (χ1) is 8.06. The molecule has 0 aliphatic carbocycles. The Morgan fingerprint density at radius 1 is 1.24 bits per heavy atom. The van der Waals surface area contributed by atoms with Crippen LogP contribution < -0.4 is 10.5 Å². The van der Waals surface area contributed by atoms with Crippen molar-refractivity contribution in [1.29, 1.82) is 0 Å². The third kappa shape index (κ3) is 2.71. The zero-order chi connectivity index (χ0) is 12.4. The summed E-state index contributed by atoms with van der Waals surface area (Å²) in [6.07, 6.45) is 1.38. The van der Waals surface area contributed by atoms with E-state index in [0.717, 1.165) is 12.1 Å². The fourth-order valence-electron chi connectivity index (χ4n) is 1.18. The molecule has 2 rings (SSSR count). The van der Waals surface area contributed by atoms with Gasteiger partial charge < -0.3 is 10.5 Å². The molecule has 0 saturated carbocycles. The van der Waals surface area contributed by atoms with Crippen LogP contribution in [-0.4, -0.2) is 4.98 Å². The Hall–Kier alpha value is -1.69. The number of hydrogen-bond donors (Lipinski definition) is 1. The van der Waals surface area contributed by atoms with Crippen molar-refractivity contribution in [2.45, 2.75) is 0 Å². The van der Waals surface area contributed by atoms with Crippen LogP contribution in [0.1, 0.15) is 0 Å². The largest absolute Gasteiger partial charge is 0.435 e. The number of aromatic nitrogens is 1. The van der Waals surface area contributed by atoms with Gasteiger partial charge in [0.1, 0.15) is 5.82 Å². The smallest absolute Gasteiger partial charge is 0.233 e. The van der Waals surface area contributed by atoms with Crippen LogP contribution in [-0.2, 0) is 0 Å². The lowest BCUT2D eigenvalue weighted by molar-refractivity contribution is 0.421. The number of nitrogens with zero attached hydrogens (tertiary/aromatic N) is 1. The number of nitrogen functional groups attached to an aromatic ring is 1. The molecule has 2 aromatic rings. The maximum absolute atomic E-state index is 13.3. The lowest BCUT2D eigenvalue weighted by atomic mass is 10.3. The highest BCUT2D eigenvalue weighted by Gasteiger charge is 2.09. The lowest BCUT2D eigenvalue weighted by Gasteiger charge is -2.07. The molecule has 0 bridgehead atoms. The van der Waals surface area contributed by atoms with Crippen LogP contribution in [0.2, 0.25) is 0 Å². The summed E-state index contributed by atoms with van der Waals surface area (Å²) in [6.45, 7) is 0. The van der Waals surface area contributed by atoms with Crippen LogP contribution in [0.4, 0.5) is 14.5 Å². The van der Waals surface area contributed by atoms with Crippen molar-refractivity contribution in [2.24, 2.45) is 0 Å². The number of pyridine rings is 1. The second-order valence-electron chi connectivity index (χ2n) is 3.23. The van der Waals surface area contributed by atoms with Gasteiger partial charge in [-0.1, -0.05) is 0 Å². The highest BCUT2D eigenvalue weighted by atomic mass is 79.9. The van der Waals surface area contributed by atoms with Gasteiger partial charge in [-0.05, 0) is 34.1 Å². The molecule has 6 heteroatoms. The average molecular weight is 301 g/mol. The van der Waals surface area contributed by atoms with Crippen LogP contribution >= 0.6 is 15.9 Å². The fourth-order valence-corrected chi connectivity index (χ4v) is 1.63. The van der Waals surface area contributed by atoms with E-state index in [4.69, 9.17) is 10.5 Å². The molecule has 0 spiro atoms. The van der Waals surface area contributed by atoms with E-state index in [0.29, 0.717) is 10.2 Å². The van der Waals surface area contributed by atoms with Crippen LogP contribution in [0.5, 0.6) is 11.6 Å². The van der Waals surface area contributed by atoms with E-state index in [2.05, 4.69) is 20.9 Å². The summed E-state index contributed by atoms with van der Waals surface area (Å²) in [4.78, 5) is 3.88. The molecule has 88 valence electrons. The van der Waals surface area contributed by atoms with E-state index < -0.39 is 11.6 Å². The van der Waals surface area contributed by atoms with E-state index >= 15 is 0 Å². The van der Waals surface area contributed by atoms with Crippen LogP contribution in [0.15, 0.2) is 34.9 Å². The minimum Gasteiger partial charge on any atom is -0.435 e. The highest BCUT2D eigenvalue weighted by molar-refractivity contribution is 9.10. The Kier molecular flexibility index (Phi) is 3.23. The van der Waals surface area contributed by atoms with Crippen molar-refractivity contribution in [3.8, 4) is 11.6 Å². The van der Waals surface area contributed by atoms with Gasteiger partial charge in [-0.25, -0.2) is 13.8 Å².